The number of H-pyrrole nitrogens is 1. The number of hydrogen-bond donors (Lipinski definition) is 1. The minimum absolute atomic E-state index is 0.692. The lowest BCUT2D eigenvalue weighted by Crippen LogP contribution is -2.36. The molecule has 0 saturated heterocycles. The lowest BCUT2D eigenvalue weighted by molar-refractivity contribution is -0.703. The summed E-state index contributed by atoms with van der Waals surface area (Å²) in [4.78, 5) is 3.29. The van der Waals surface area contributed by atoms with E-state index in [2.05, 4.69) is 28.1 Å². The lowest BCUT2D eigenvalue weighted by Gasteiger charge is -2.00. The van der Waals surface area contributed by atoms with E-state index in [-0.39, 0.29) is 0 Å². The quantitative estimate of drug-likeness (QED) is 0.558. The van der Waals surface area contributed by atoms with Crippen molar-refractivity contribution >= 4 is 11.8 Å². The Morgan fingerprint density at radius 3 is 3.06 bits per heavy atom. The van der Waals surface area contributed by atoms with Crippen LogP contribution in [0.1, 0.15) is 31.5 Å². The highest BCUT2D eigenvalue weighted by atomic mass is 32.2. The summed E-state index contributed by atoms with van der Waals surface area (Å²) in [6.45, 7) is 1.07. The van der Waals surface area contributed by atoms with Gasteiger partial charge in [-0.25, -0.2) is 9.55 Å². The Morgan fingerprint density at radius 1 is 1.44 bits per heavy atom. The number of rotatable bonds is 8. The summed E-state index contributed by atoms with van der Waals surface area (Å²) >= 11 is 1.87. The number of aromatic nitrogens is 2. The molecule has 1 aromatic heterocycles. The molecular formula is C12H20N3S+. The third-order valence-electron chi connectivity index (χ3n) is 2.58. The number of imidazole rings is 1. The van der Waals surface area contributed by atoms with Crippen LogP contribution in [0.2, 0.25) is 0 Å². The zero-order chi connectivity index (χ0) is 11.6. The number of nitriles is 1. The first-order valence-electron chi connectivity index (χ1n) is 5.80. The number of aryl methyl sites for hydroxylation is 2. The first-order chi connectivity index (χ1) is 7.88. The van der Waals surface area contributed by atoms with E-state index >= 15 is 0 Å². The molecule has 1 aromatic rings. The van der Waals surface area contributed by atoms with Crippen LogP contribution >= 0.6 is 11.8 Å². The van der Waals surface area contributed by atoms with E-state index < -0.39 is 0 Å². The number of aromatic amines is 1. The fourth-order valence-electron chi connectivity index (χ4n) is 1.68. The van der Waals surface area contributed by atoms with E-state index in [0.29, 0.717) is 6.42 Å². The Balaban J connectivity index is 2.25. The average Bonchev–Trinajstić information content (AvgIpc) is 2.74. The predicted molar refractivity (Wildman–Crippen MR) is 67.2 cm³/mol. The summed E-state index contributed by atoms with van der Waals surface area (Å²) in [6.07, 6.45) is 11.4. The van der Waals surface area contributed by atoms with Crippen molar-refractivity contribution in [1.82, 2.24) is 4.98 Å². The Kier molecular flexibility index (Phi) is 6.75. The molecule has 0 aliphatic heterocycles. The molecule has 3 nitrogen and oxygen atoms in total. The van der Waals surface area contributed by atoms with Crippen molar-refractivity contribution in [2.24, 2.45) is 0 Å². The summed E-state index contributed by atoms with van der Waals surface area (Å²) in [5.41, 5.74) is 0. The number of nitrogens with zero attached hydrogens (tertiary/aromatic N) is 2. The largest absolute Gasteiger partial charge is 0.255 e. The molecule has 4 heteroatoms. The molecule has 0 aliphatic carbocycles. The van der Waals surface area contributed by atoms with Crippen LogP contribution in [-0.2, 0) is 13.0 Å². The van der Waals surface area contributed by atoms with Crippen molar-refractivity contribution in [1.29, 1.82) is 5.26 Å². The number of unbranched alkanes of at least 4 members (excludes halogenated alkanes) is 3. The van der Waals surface area contributed by atoms with Gasteiger partial charge in [-0.1, -0.05) is 0 Å². The first-order valence-corrected chi connectivity index (χ1v) is 7.19. The van der Waals surface area contributed by atoms with Gasteiger partial charge >= 0.3 is 0 Å². The molecule has 88 valence electrons. The summed E-state index contributed by atoms with van der Waals surface area (Å²) in [5, 5.41) is 8.43. The molecule has 0 aromatic carbocycles. The predicted octanol–water partition coefficient (Wildman–Crippen LogP) is 2.29. The Morgan fingerprint density at radius 2 is 2.31 bits per heavy atom. The molecule has 0 radical (unpaired) electrons. The molecule has 0 bridgehead atoms. The minimum Gasteiger partial charge on any atom is -0.248 e. The third-order valence-corrected chi connectivity index (χ3v) is 3.19. The Labute approximate surface area is 102 Å². The van der Waals surface area contributed by atoms with Gasteiger partial charge in [0.25, 0.3) is 5.82 Å². The van der Waals surface area contributed by atoms with E-state index in [0.717, 1.165) is 38.0 Å². The molecule has 0 amide bonds. The van der Waals surface area contributed by atoms with Gasteiger partial charge in [0, 0.05) is 12.2 Å². The monoisotopic (exact) mass is 238 g/mol. The fourth-order valence-corrected chi connectivity index (χ4v) is 2.08. The Bertz CT molecular complexity index is 327. The van der Waals surface area contributed by atoms with Crippen molar-refractivity contribution in [3.8, 4) is 6.07 Å². The SMILES string of the molecule is CSCCc1[nH]cc[n+]1CCCCCC#N. The molecule has 0 atom stereocenters. The summed E-state index contributed by atoms with van der Waals surface area (Å²) in [5.74, 6) is 2.48. The molecule has 16 heavy (non-hydrogen) atoms. The van der Waals surface area contributed by atoms with Crippen LogP contribution in [0.3, 0.4) is 0 Å². The summed E-state index contributed by atoms with van der Waals surface area (Å²) < 4.78 is 2.29. The van der Waals surface area contributed by atoms with Gasteiger partial charge in [-0.2, -0.15) is 17.0 Å². The van der Waals surface area contributed by atoms with E-state index in [9.17, 15) is 0 Å². The van der Waals surface area contributed by atoms with Crippen LogP contribution < -0.4 is 4.57 Å². The van der Waals surface area contributed by atoms with E-state index in [1.165, 1.54) is 5.82 Å². The van der Waals surface area contributed by atoms with Crippen molar-refractivity contribution in [3.63, 3.8) is 0 Å². The molecule has 1 N–H and O–H groups in total. The van der Waals surface area contributed by atoms with Crippen LogP contribution in [0.15, 0.2) is 12.4 Å². The van der Waals surface area contributed by atoms with Crippen LogP contribution in [-0.4, -0.2) is 17.0 Å². The van der Waals surface area contributed by atoms with E-state index in [4.69, 9.17) is 5.26 Å². The molecular weight excluding hydrogens is 218 g/mol. The van der Waals surface area contributed by atoms with Crippen LogP contribution in [0, 0.1) is 11.3 Å². The van der Waals surface area contributed by atoms with Crippen molar-refractivity contribution < 1.29 is 4.57 Å². The zero-order valence-electron chi connectivity index (χ0n) is 9.91. The van der Waals surface area contributed by atoms with Crippen LogP contribution in [0.5, 0.6) is 0 Å². The lowest BCUT2D eigenvalue weighted by atomic mass is 10.2. The molecule has 0 saturated carbocycles. The average molecular weight is 238 g/mol. The van der Waals surface area contributed by atoms with Crippen molar-refractivity contribution in [3.05, 3.63) is 18.2 Å². The number of thioether (sulfide) groups is 1. The van der Waals surface area contributed by atoms with E-state index in [1.54, 1.807) is 0 Å². The molecule has 1 rings (SSSR count). The van der Waals surface area contributed by atoms with Crippen LogP contribution in [0.4, 0.5) is 0 Å². The van der Waals surface area contributed by atoms with Gasteiger partial charge in [-0.05, 0) is 25.5 Å². The molecule has 1 heterocycles. The highest BCUT2D eigenvalue weighted by molar-refractivity contribution is 7.98. The Hall–Kier alpha value is -0.950. The van der Waals surface area contributed by atoms with Gasteiger partial charge in [0.1, 0.15) is 12.4 Å². The van der Waals surface area contributed by atoms with Gasteiger partial charge in [0.05, 0.1) is 19.0 Å². The fraction of sp³-hybridized carbons (Fsp3) is 0.667. The second kappa shape index (κ2) is 8.23. The van der Waals surface area contributed by atoms with Gasteiger partial charge in [-0.15, -0.1) is 0 Å². The molecule has 0 unspecified atom stereocenters. The number of nitrogens with one attached hydrogen (secondary N) is 1. The zero-order valence-corrected chi connectivity index (χ0v) is 10.7. The smallest absolute Gasteiger partial charge is 0.248 e. The van der Waals surface area contributed by atoms with Crippen molar-refractivity contribution in [2.75, 3.05) is 12.0 Å². The van der Waals surface area contributed by atoms with E-state index in [1.807, 2.05) is 18.0 Å². The maximum Gasteiger partial charge on any atom is 0.255 e. The summed E-state index contributed by atoms with van der Waals surface area (Å²) in [6, 6.07) is 2.18. The maximum absolute atomic E-state index is 8.43. The van der Waals surface area contributed by atoms with Gasteiger partial charge < -0.3 is 0 Å². The highest BCUT2D eigenvalue weighted by Gasteiger charge is 2.08. The minimum atomic E-state index is 0.692. The van der Waals surface area contributed by atoms with Gasteiger partial charge in [0.15, 0.2) is 0 Å². The van der Waals surface area contributed by atoms with Gasteiger partial charge in [0.2, 0.25) is 0 Å². The topological polar surface area (TPSA) is 43.5 Å². The number of hydrogen-bond acceptors (Lipinski definition) is 2. The van der Waals surface area contributed by atoms with Gasteiger partial charge in [-0.3, -0.25) is 0 Å². The second-order valence-corrected chi connectivity index (χ2v) is 4.80. The maximum atomic E-state index is 8.43. The van der Waals surface area contributed by atoms with Crippen molar-refractivity contribution in [2.45, 2.75) is 38.6 Å². The molecule has 0 fully saturated rings. The normalized spacial score (nSPS) is 10.2. The second-order valence-electron chi connectivity index (χ2n) is 3.81. The third kappa shape index (κ3) is 4.71. The summed E-state index contributed by atoms with van der Waals surface area (Å²) in [7, 11) is 0. The first kappa shape index (κ1) is 13.1. The molecule has 0 aliphatic rings. The molecule has 0 spiro atoms. The standard InChI is InChI=1S/C12H19N3S/c1-16-11-6-12-14-8-10-15(12)9-5-3-2-4-7-13/h8,10H,2-6,9,11H2,1H3/p+1. The highest BCUT2D eigenvalue weighted by Crippen LogP contribution is 2.01. The van der Waals surface area contributed by atoms with Crippen LogP contribution in [0.25, 0.3) is 0 Å².